The van der Waals surface area contributed by atoms with Gasteiger partial charge in [0, 0.05) is 51.5 Å². The standard InChI is InChI=1S/C31H31N5O2S/c1-19-14-23(15-20(2)22(19)4)17-32-30(37)25-8-6-24(7-9-25)26-10-13-29-34-31(35-36(29)18-26)33-28-12-11-27(39(5)38)16-21(28)3/h6-16,18H,17H2,1-5H3,(H,32,37)(H,33,35). The molecule has 0 saturated carbocycles. The Kier molecular flexibility index (Phi) is 7.30. The van der Waals surface area contributed by atoms with E-state index in [4.69, 9.17) is 0 Å². The minimum Gasteiger partial charge on any atom is -0.348 e. The number of fused-ring (bicyclic) bond motifs is 1. The molecule has 3 aromatic carbocycles. The highest BCUT2D eigenvalue weighted by atomic mass is 32.2. The summed E-state index contributed by atoms with van der Waals surface area (Å²) in [5, 5.41) is 10.9. The van der Waals surface area contributed by atoms with E-state index in [1.165, 1.54) is 16.7 Å². The predicted octanol–water partition coefficient (Wildman–Crippen LogP) is 6.04. The molecule has 1 atom stereocenters. The van der Waals surface area contributed by atoms with E-state index >= 15 is 0 Å². The van der Waals surface area contributed by atoms with Gasteiger partial charge in [-0.15, -0.1) is 5.10 Å². The van der Waals surface area contributed by atoms with Gasteiger partial charge in [0.2, 0.25) is 5.95 Å². The molecule has 2 aromatic heterocycles. The van der Waals surface area contributed by atoms with Crippen molar-refractivity contribution in [3.05, 3.63) is 106 Å². The van der Waals surface area contributed by atoms with E-state index in [1.807, 2.05) is 67.7 Å². The first-order chi connectivity index (χ1) is 18.7. The molecule has 0 aliphatic carbocycles. The highest BCUT2D eigenvalue weighted by molar-refractivity contribution is 7.84. The second kappa shape index (κ2) is 10.8. The van der Waals surface area contributed by atoms with E-state index in [1.54, 1.807) is 10.8 Å². The Balaban J connectivity index is 1.28. The normalized spacial score (nSPS) is 11.9. The molecule has 5 rings (SSSR count). The minimum atomic E-state index is -1.03. The zero-order valence-corrected chi connectivity index (χ0v) is 23.5. The number of nitrogens with one attached hydrogen (secondary N) is 2. The van der Waals surface area contributed by atoms with Crippen molar-refractivity contribution in [2.75, 3.05) is 11.6 Å². The van der Waals surface area contributed by atoms with Gasteiger partial charge in [0.25, 0.3) is 5.91 Å². The smallest absolute Gasteiger partial charge is 0.251 e. The molecule has 0 aliphatic heterocycles. The summed E-state index contributed by atoms with van der Waals surface area (Å²) in [4.78, 5) is 18.1. The third kappa shape index (κ3) is 5.76. The van der Waals surface area contributed by atoms with Crippen LogP contribution in [0, 0.1) is 27.7 Å². The van der Waals surface area contributed by atoms with Crippen LogP contribution < -0.4 is 10.6 Å². The molecule has 0 bridgehead atoms. The Morgan fingerprint density at radius 1 is 0.872 bits per heavy atom. The number of aryl methyl sites for hydroxylation is 3. The van der Waals surface area contributed by atoms with Crippen LogP contribution in [-0.4, -0.2) is 31.0 Å². The Labute approximate surface area is 230 Å². The maximum atomic E-state index is 12.8. The molecule has 5 aromatic rings. The zero-order chi connectivity index (χ0) is 27.7. The summed E-state index contributed by atoms with van der Waals surface area (Å²) >= 11 is 0. The van der Waals surface area contributed by atoms with Gasteiger partial charge in [0.1, 0.15) is 0 Å². The molecule has 2 heterocycles. The predicted molar refractivity (Wildman–Crippen MR) is 157 cm³/mol. The van der Waals surface area contributed by atoms with Crippen LogP contribution in [0.4, 0.5) is 11.6 Å². The van der Waals surface area contributed by atoms with Crippen LogP contribution in [-0.2, 0) is 17.3 Å². The fourth-order valence-electron chi connectivity index (χ4n) is 4.51. The van der Waals surface area contributed by atoms with E-state index < -0.39 is 10.8 Å². The Bertz CT molecular complexity index is 1700. The Hall–Kier alpha value is -4.30. The summed E-state index contributed by atoms with van der Waals surface area (Å²) in [5.41, 5.74) is 9.94. The van der Waals surface area contributed by atoms with Crippen LogP contribution in [0.3, 0.4) is 0 Å². The molecule has 0 fully saturated rings. The molecule has 8 heteroatoms. The van der Waals surface area contributed by atoms with E-state index in [9.17, 15) is 9.00 Å². The monoisotopic (exact) mass is 537 g/mol. The lowest BCUT2D eigenvalue weighted by Gasteiger charge is -2.11. The number of anilines is 2. The van der Waals surface area contributed by atoms with Gasteiger partial charge >= 0.3 is 0 Å². The first kappa shape index (κ1) is 26.3. The lowest BCUT2D eigenvalue weighted by Crippen LogP contribution is -2.22. The molecule has 0 radical (unpaired) electrons. The third-order valence-electron chi connectivity index (χ3n) is 7.03. The SMILES string of the molecule is Cc1cc(S(C)=O)ccc1Nc1nc2ccc(-c3ccc(C(=O)NCc4cc(C)c(C)c(C)c4)cc3)cn2n1. The second-order valence-electron chi connectivity index (χ2n) is 9.83. The number of carbonyl (C=O) groups is 1. The third-order valence-corrected chi connectivity index (χ3v) is 7.95. The van der Waals surface area contributed by atoms with Gasteiger partial charge in [-0.1, -0.05) is 24.3 Å². The quantitative estimate of drug-likeness (QED) is 0.264. The molecule has 0 saturated heterocycles. The summed E-state index contributed by atoms with van der Waals surface area (Å²) in [6.45, 7) is 8.75. The van der Waals surface area contributed by atoms with Crippen LogP contribution in [0.25, 0.3) is 16.8 Å². The highest BCUT2D eigenvalue weighted by Gasteiger charge is 2.10. The van der Waals surface area contributed by atoms with Gasteiger partial charge in [0.05, 0.1) is 0 Å². The topological polar surface area (TPSA) is 88.4 Å². The number of hydrogen-bond acceptors (Lipinski definition) is 5. The fraction of sp³-hybridized carbons (Fsp3) is 0.194. The van der Waals surface area contributed by atoms with E-state index in [0.717, 1.165) is 32.8 Å². The largest absolute Gasteiger partial charge is 0.348 e. The zero-order valence-electron chi connectivity index (χ0n) is 22.7. The first-order valence-electron chi connectivity index (χ1n) is 12.7. The molecular formula is C31H31N5O2S. The van der Waals surface area contributed by atoms with Crippen LogP contribution >= 0.6 is 0 Å². The maximum absolute atomic E-state index is 12.8. The fourth-order valence-corrected chi connectivity index (χ4v) is 5.11. The summed E-state index contributed by atoms with van der Waals surface area (Å²) in [5.74, 6) is 0.375. The number of pyridine rings is 1. The molecule has 1 unspecified atom stereocenters. The maximum Gasteiger partial charge on any atom is 0.251 e. The van der Waals surface area contributed by atoms with E-state index in [2.05, 4.69) is 53.6 Å². The number of amides is 1. The van der Waals surface area contributed by atoms with Gasteiger partial charge in [-0.2, -0.15) is 4.98 Å². The number of aromatic nitrogens is 3. The van der Waals surface area contributed by atoms with Crippen molar-refractivity contribution in [3.8, 4) is 11.1 Å². The van der Waals surface area contributed by atoms with Crippen LogP contribution in [0.1, 0.15) is 38.2 Å². The van der Waals surface area contributed by atoms with Crippen molar-refractivity contribution in [3.63, 3.8) is 0 Å². The van der Waals surface area contributed by atoms with Gasteiger partial charge in [0.15, 0.2) is 5.65 Å². The number of hydrogen-bond donors (Lipinski definition) is 2. The molecule has 39 heavy (non-hydrogen) atoms. The molecule has 0 spiro atoms. The second-order valence-corrected chi connectivity index (χ2v) is 11.2. The van der Waals surface area contributed by atoms with Crippen molar-refractivity contribution < 1.29 is 9.00 Å². The first-order valence-corrected chi connectivity index (χ1v) is 14.3. The van der Waals surface area contributed by atoms with Crippen LogP contribution in [0.2, 0.25) is 0 Å². The summed E-state index contributed by atoms with van der Waals surface area (Å²) in [6.07, 6.45) is 3.58. The molecule has 7 nitrogen and oxygen atoms in total. The van der Waals surface area contributed by atoms with Gasteiger partial charge < -0.3 is 10.6 Å². The van der Waals surface area contributed by atoms with Crippen molar-refractivity contribution in [1.82, 2.24) is 19.9 Å². The lowest BCUT2D eigenvalue weighted by atomic mass is 10.0. The molecule has 1 amide bonds. The average molecular weight is 538 g/mol. The average Bonchev–Trinajstić information content (AvgIpc) is 3.33. The van der Waals surface area contributed by atoms with Gasteiger partial charge in [-0.25, -0.2) is 4.52 Å². The van der Waals surface area contributed by atoms with Crippen molar-refractivity contribution >= 4 is 34.0 Å². The van der Waals surface area contributed by atoms with E-state index in [-0.39, 0.29) is 5.91 Å². The Morgan fingerprint density at radius 3 is 2.23 bits per heavy atom. The summed E-state index contributed by atoms with van der Waals surface area (Å²) < 4.78 is 13.5. The molecule has 0 aliphatic rings. The minimum absolute atomic E-state index is 0.103. The van der Waals surface area contributed by atoms with Crippen molar-refractivity contribution in [2.24, 2.45) is 0 Å². The number of rotatable bonds is 7. The molecule has 2 N–H and O–H groups in total. The van der Waals surface area contributed by atoms with Crippen molar-refractivity contribution in [1.29, 1.82) is 0 Å². The highest BCUT2D eigenvalue weighted by Crippen LogP contribution is 2.24. The van der Waals surface area contributed by atoms with Crippen LogP contribution in [0.15, 0.2) is 77.8 Å². The lowest BCUT2D eigenvalue weighted by molar-refractivity contribution is 0.0951. The van der Waals surface area contributed by atoms with Crippen LogP contribution in [0.5, 0.6) is 0 Å². The molecule has 198 valence electrons. The summed E-state index contributed by atoms with van der Waals surface area (Å²) in [7, 11) is -1.03. The number of carbonyl (C=O) groups excluding carboxylic acids is 1. The number of benzene rings is 3. The van der Waals surface area contributed by atoms with Gasteiger partial charge in [-0.3, -0.25) is 9.00 Å². The summed E-state index contributed by atoms with van der Waals surface area (Å²) in [6, 6.07) is 21.3. The Morgan fingerprint density at radius 2 is 1.56 bits per heavy atom. The van der Waals surface area contributed by atoms with Gasteiger partial charge in [-0.05, 0) is 104 Å². The van der Waals surface area contributed by atoms with Crippen molar-refractivity contribution in [2.45, 2.75) is 39.1 Å². The van der Waals surface area contributed by atoms with E-state index in [0.29, 0.717) is 23.7 Å². The molecular weight excluding hydrogens is 506 g/mol. The number of nitrogens with zero attached hydrogens (tertiary/aromatic N) is 3.